The van der Waals surface area contributed by atoms with E-state index in [1.807, 2.05) is 43.3 Å². The Morgan fingerprint density at radius 1 is 1.05 bits per heavy atom. The SMILES string of the molecule is COc1ccc(C=Nc2cc(Cl)ccc2C)c(OC)c1. The summed E-state index contributed by atoms with van der Waals surface area (Å²) in [6.07, 6.45) is 1.76. The zero-order valence-electron chi connectivity index (χ0n) is 11.7. The van der Waals surface area contributed by atoms with Gasteiger partial charge in [-0.15, -0.1) is 0 Å². The van der Waals surface area contributed by atoms with E-state index in [-0.39, 0.29) is 0 Å². The largest absolute Gasteiger partial charge is 0.497 e. The number of aryl methyl sites for hydroxylation is 1. The molecule has 0 fully saturated rings. The second-order valence-corrected chi connectivity index (χ2v) is 4.73. The number of aliphatic imine (C=N–C) groups is 1. The number of methoxy groups -OCH3 is 2. The van der Waals surface area contributed by atoms with Crippen LogP contribution in [0.25, 0.3) is 0 Å². The Labute approximate surface area is 123 Å². The standard InChI is InChI=1S/C16H16ClNO2/c1-11-4-6-13(17)8-15(11)18-10-12-5-7-14(19-2)9-16(12)20-3/h4-10H,1-3H3. The zero-order valence-corrected chi connectivity index (χ0v) is 12.4. The van der Waals surface area contributed by atoms with E-state index < -0.39 is 0 Å². The molecule has 0 aromatic heterocycles. The summed E-state index contributed by atoms with van der Waals surface area (Å²) in [5, 5.41) is 0.671. The molecule has 0 saturated carbocycles. The molecule has 2 rings (SSSR count). The molecule has 0 spiro atoms. The summed E-state index contributed by atoms with van der Waals surface area (Å²) in [4.78, 5) is 4.47. The van der Waals surface area contributed by atoms with Crippen LogP contribution in [0.5, 0.6) is 11.5 Å². The predicted molar refractivity (Wildman–Crippen MR) is 83.0 cm³/mol. The lowest BCUT2D eigenvalue weighted by atomic mass is 10.2. The summed E-state index contributed by atoms with van der Waals surface area (Å²) in [7, 11) is 3.24. The number of benzene rings is 2. The Kier molecular flexibility index (Phi) is 4.64. The van der Waals surface area contributed by atoms with Crippen LogP contribution in [0.2, 0.25) is 5.02 Å². The van der Waals surface area contributed by atoms with Gasteiger partial charge >= 0.3 is 0 Å². The maximum atomic E-state index is 5.98. The van der Waals surface area contributed by atoms with Gasteiger partial charge in [0.05, 0.1) is 19.9 Å². The molecule has 20 heavy (non-hydrogen) atoms. The van der Waals surface area contributed by atoms with Crippen LogP contribution in [-0.2, 0) is 0 Å². The second-order valence-electron chi connectivity index (χ2n) is 4.30. The molecule has 2 aromatic carbocycles. The van der Waals surface area contributed by atoms with Gasteiger partial charge in [0.2, 0.25) is 0 Å². The minimum atomic E-state index is 0.671. The van der Waals surface area contributed by atoms with Gasteiger partial charge in [-0.3, -0.25) is 4.99 Å². The fourth-order valence-electron chi connectivity index (χ4n) is 1.79. The fraction of sp³-hybridized carbons (Fsp3) is 0.188. The van der Waals surface area contributed by atoms with Gasteiger partial charge in [0.15, 0.2) is 0 Å². The van der Waals surface area contributed by atoms with Crippen molar-refractivity contribution in [1.29, 1.82) is 0 Å². The number of hydrogen-bond acceptors (Lipinski definition) is 3. The lowest BCUT2D eigenvalue weighted by molar-refractivity contribution is 0.394. The minimum Gasteiger partial charge on any atom is -0.497 e. The van der Waals surface area contributed by atoms with Gasteiger partial charge in [0, 0.05) is 22.9 Å². The van der Waals surface area contributed by atoms with Crippen molar-refractivity contribution in [3.63, 3.8) is 0 Å². The molecule has 0 aliphatic heterocycles. The molecule has 0 aliphatic rings. The van der Waals surface area contributed by atoms with Gasteiger partial charge in [0.25, 0.3) is 0 Å². The first kappa shape index (κ1) is 14.4. The molecule has 0 heterocycles. The normalized spacial score (nSPS) is 10.8. The summed E-state index contributed by atoms with van der Waals surface area (Å²) < 4.78 is 10.5. The van der Waals surface area contributed by atoms with Crippen LogP contribution in [0.3, 0.4) is 0 Å². The van der Waals surface area contributed by atoms with Crippen LogP contribution in [0.4, 0.5) is 5.69 Å². The quantitative estimate of drug-likeness (QED) is 0.780. The number of rotatable bonds is 4. The van der Waals surface area contributed by atoms with Crippen LogP contribution in [0, 0.1) is 6.92 Å². The van der Waals surface area contributed by atoms with Gasteiger partial charge in [-0.1, -0.05) is 17.7 Å². The lowest BCUT2D eigenvalue weighted by Gasteiger charge is -2.07. The summed E-state index contributed by atoms with van der Waals surface area (Å²) >= 11 is 5.98. The molecular formula is C16H16ClNO2. The third-order valence-electron chi connectivity index (χ3n) is 2.95. The highest BCUT2D eigenvalue weighted by Gasteiger charge is 2.03. The average Bonchev–Trinajstić information content (AvgIpc) is 2.48. The van der Waals surface area contributed by atoms with E-state index in [1.54, 1.807) is 20.4 Å². The van der Waals surface area contributed by atoms with Crippen molar-refractivity contribution in [3.05, 3.63) is 52.5 Å². The molecule has 0 radical (unpaired) electrons. The molecule has 0 atom stereocenters. The van der Waals surface area contributed by atoms with E-state index in [9.17, 15) is 0 Å². The van der Waals surface area contributed by atoms with Gasteiger partial charge in [0.1, 0.15) is 11.5 Å². The number of ether oxygens (including phenoxy) is 2. The molecule has 0 bridgehead atoms. The van der Waals surface area contributed by atoms with Crippen LogP contribution in [-0.4, -0.2) is 20.4 Å². The first-order valence-corrected chi connectivity index (χ1v) is 6.54. The number of hydrogen-bond donors (Lipinski definition) is 0. The Morgan fingerprint density at radius 3 is 2.55 bits per heavy atom. The molecule has 0 N–H and O–H groups in total. The van der Waals surface area contributed by atoms with E-state index >= 15 is 0 Å². The average molecular weight is 290 g/mol. The van der Waals surface area contributed by atoms with Crippen molar-refractivity contribution in [2.24, 2.45) is 4.99 Å². The number of halogens is 1. The van der Waals surface area contributed by atoms with Crippen molar-refractivity contribution in [2.75, 3.05) is 14.2 Å². The predicted octanol–water partition coefficient (Wildman–Crippen LogP) is 4.42. The molecule has 3 nitrogen and oxygen atoms in total. The first-order valence-electron chi connectivity index (χ1n) is 6.16. The van der Waals surface area contributed by atoms with Crippen LogP contribution in [0.15, 0.2) is 41.4 Å². The van der Waals surface area contributed by atoms with Gasteiger partial charge in [-0.2, -0.15) is 0 Å². The van der Waals surface area contributed by atoms with E-state index in [0.717, 1.165) is 22.6 Å². The highest BCUT2D eigenvalue weighted by molar-refractivity contribution is 6.30. The molecule has 0 saturated heterocycles. The molecule has 2 aromatic rings. The van der Waals surface area contributed by atoms with Crippen molar-refractivity contribution in [3.8, 4) is 11.5 Å². The zero-order chi connectivity index (χ0) is 14.5. The van der Waals surface area contributed by atoms with Crippen LogP contribution in [0.1, 0.15) is 11.1 Å². The van der Waals surface area contributed by atoms with Gasteiger partial charge in [-0.05, 0) is 36.8 Å². The maximum Gasteiger partial charge on any atom is 0.131 e. The van der Waals surface area contributed by atoms with E-state index in [0.29, 0.717) is 10.8 Å². The fourth-order valence-corrected chi connectivity index (χ4v) is 1.95. The maximum absolute atomic E-state index is 5.98. The third-order valence-corrected chi connectivity index (χ3v) is 3.19. The minimum absolute atomic E-state index is 0.671. The van der Waals surface area contributed by atoms with E-state index in [1.165, 1.54) is 0 Å². The Balaban J connectivity index is 2.33. The summed E-state index contributed by atoms with van der Waals surface area (Å²) in [5.74, 6) is 1.46. The Hall–Kier alpha value is -2.00. The second kappa shape index (κ2) is 6.44. The highest BCUT2D eigenvalue weighted by Crippen LogP contribution is 2.26. The molecule has 4 heteroatoms. The monoisotopic (exact) mass is 289 g/mol. The summed E-state index contributed by atoms with van der Waals surface area (Å²) in [5.41, 5.74) is 2.79. The third kappa shape index (κ3) is 3.31. The van der Waals surface area contributed by atoms with Crippen LogP contribution < -0.4 is 9.47 Å². The molecule has 0 aliphatic carbocycles. The Morgan fingerprint density at radius 2 is 1.85 bits per heavy atom. The van der Waals surface area contributed by atoms with Crippen molar-refractivity contribution in [1.82, 2.24) is 0 Å². The molecule has 104 valence electrons. The van der Waals surface area contributed by atoms with E-state index in [2.05, 4.69) is 4.99 Å². The van der Waals surface area contributed by atoms with Crippen molar-refractivity contribution >= 4 is 23.5 Å². The number of nitrogens with zero attached hydrogens (tertiary/aromatic N) is 1. The topological polar surface area (TPSA) is 30.8 Å². The van der Waals surface area contributed by atoms with Crippen molar-refractivity contribution < 1.29 is 9.47 Å². The van der Waals surface area contributed by atoms with Gasteiger partial charge < -0.3 is 9.47 Å². The smallest absolute Gasteiger partial charge is 0.131 e. The van der Waals surface area contributed by atoms with Crippen LogP contribution >= 0.6 is 11.6 Å². The first-order chi connectivity index (χ1) is 9.63. The molecule has 0 amide bonds. The lowest BCUT2D eigenvalue weighted by Crippen LogP contribution is -1.92. The molecular weight excluding hydrogens is 274 g/mol. The Bertz CT molecular complexity index is 638. The van der Waals surface area contributed by atoms with E-state index in [4.69, 9.17) is 21.1 Å². The summed E-state index contributed by atoms with van der Waals surface area (Å²) in [6.45, 7) is 1.99. The summed E-state index contributed by atoms with van der Waals surface area (Å²) in [6, 6.07) is 11.2. The highest BCUT2D eigenvalue weighted by atomic mass is 35.5. The molecule has 0 unspecified atom stereocenters. The van der Waals surface area contributed by atoms with Crippen molar-refractivity contribution in [2.45, 2.75) is 6.92 Å². The van der Waals surface area contributed by atoms with Gasteiger partial charge in [-0.25, -0.2) is 0 Å².